The van der Waals surface area contributed by atoms with E-state index in [1.165, 1.54) is 21.6 Å². The van der Waals surface area contributed by atoms with Crippen molar-refractivity contribution < 1.29 is 4.79 Å². The molecule has 3 nitrogen and oxygen atoms in total. The summed E-state index contributed by atoms with van der Waals surface area (Å²) in [6, 6.07) is 8.02. The topological polar surface area (TPSA) is 41.1 Å². The van der Waals surface area contributed by atoms with Crippen LogP contribution in [0.4, 0.5) is 0 Å². The number of thiophene rings is 1. The van der Waals surface area contributed by atoms with E-state index in [1.54, 1.807) is 11.3 Å². The highest BCUT2D eigenvalue weighted by molar-refractivity contribution is 7.10. The summed E-state index contributed by atoms with van der Waals surface area (Å²) in [6.45, 7) is 4.45. The van der Waals surface area contributed by atoms with Gasteiger partial charge < -0.3 is 10.6 Å². The van der Waals surface area contributed by atoms with Gasteiger partial charge in [0.1, 0.15) is 0 Å². The first-order valence-electron chi connectivity index (χ1n) is 6.38. The van der Waals surface area contributed by atoms with Gasteiger partial charge >= 0.3 is 0 Å². The van der Waals surface area contributed by atoms with Crippen molar-refractivity contribution >= 4 is 17.2 Å². The van der Waals surface area contributed by atoms with Gasteiger partial charge in [-0.25, -0.2) is 0 Å². The van der Waals surface area contributed by atoms with Crippen molar-refractivity contribution in [3.8, 4) is 0 Å². The molecule has 0 unspecified atom stereocenters. The van der Waals surface area contributed by atoms with Crippen molar-refractivity contribution in [2.24, 2.45) is 0 Å². The summed E-state index contributed by atoms with van der Waals surface area (Å²) in [4.78, 5) is 13.3. The first kappa shape index (κ1) is 12.4. The van der Waals surface area contributed by atoms with Gasteiger partial charge in [-0.2, -0.15) is 0 Å². The lowest BCUT2D eigenvalue weighted by Crippen LogP contribution is -2.22. The maximum atomic E-state index is 12.1. The summed E-state index contributed by atoms with van der Waals surface area (Å²) in [6.07, 6.45) is 0. The standard InChI is InChI=1S/C15H16N2OS/c1-10-4-5-19-14(10)9-17-15(18)11-2-3-12-7-16-8-13(12)6-11/h2-6,16H,7-9H2,1H3,(H,17,18). The van der Waals surface area contributed by atoms with Crippen molar-refractivity contribution in [1.29, 1.82) is 0 Å². The normalized spacial score (nSPS) is 13.3. The highest BCUT2D eigenvalue weighted by Gasteiger charge is 2.13. The molecule has 0 atom stereocenters. The van der Waals surface area contributed by atoms with Crippen molar-refractivity contribution in [1.82, 2.24) is 10.6 Å². The second-order valence-electron chi connectivity index (χ2n) is 4.80. The first-order valence-corrected chi connectivity index (χ1v) is 7.25. The zero-order valence-electron chi connectivity index (χ0n) is 10.8. The molecule has 3 rings (SSSR count). The molecule has 2 heterocycles. The van der Waals surface area contributed by atoms with E-state index in [4.69, 9.17) is 0 Å². The molecular weight excluding hydrogens is 256 g/mol. The number of carbonyl (C=O) groups excluding carboxylic acids is 1. The van der Waals surface area contributed by atoms with E-state index in [0.717, 1.165) is 18.7 Å². The van der Waals surface area contributed by atoms with E-state index in [9.17, 15) is 4.79 Å². The predicted molar refractivity (Wildman–Crippen MR) is 77.2 cm³/mol. The number of benzene rings is 1. The Morgan fingerprint density at radius 1 is 1.32 bits per heavy atom. The summed E-state index contributed by atoms with van der Waals surface area (Å²) in [5.74, 6) is 0.00231. The van der Waals surface area contributed by atoms with E-state index < -0.39 is 0 Å². The molecule has 0 radical (unpaired) electrons. The van der Waals surface area contributed by atoms with E-state index in [0.29, 0.717) is 6.54 Å². The van der Waals surface area contributed by atoms with Gasteiger partial charge in [-0.05, 0) is 47.2 Å². The Balaban J connectivity index is 1.69. The monoisotopic (exact) mass is 272 g/mol. The number of fused-ring (bicyclic) bond motifs is 1. The van der Waals surface area contributed by atoms with Crippen LogP contribution in [-0.4, -0.2) is 5.91 Å². The summed E-state index contributed by atoms with van der Waals surface area (Å²) in [7, 11) is 0. The molecule has 0 spiro atoms. The second kappa shape index (κ2) is 5.15. The summed E-state index contributed by atoms with van der Waals surface area (Å²) in [5, 5.41) is 8.32. The van der Waals surface area contributed by atoms with Gasteiger partial charge in [0.2, 0.25) is 0 Å². The fourth-order valence-corrected chi connectivity index (χ4v) is 3.13. The molecule has 98 valence electrons. The van der Waals surface area contributed by atoms with Gasteiger partial charge in [-0.15, -0.1) is 11.3 Å². The number of nitrogens with one attached hydrogen (secondary N) is 2. The van der Waals surface area contributed by atoms with Crippen LogP contribution in [0.15, 0.2) is 29.6 Å². The fourth-order valence-electron chi connectivity index (χ4n) is 2.28. The summed E-state index contributed by atoms with van der Waals surface area (Å²) < 4.78 is 0. The maximum absolute atomic E-state index is 12.1. The minimum Gasteiger partial charge on any atom is -0.347 e. The van der Waals surface area contributed by atoms with Crippen LogP contribution in [0.2, 0.25) is 0 Å². The Kier molecular flexibility index (Phi) is 3.36. The molecule has 1 amide bonds. The van der Waals surface area contributed by atoms with E-state index in [2.05, 4.69) is 29.0 Å². The Morgan fingerprint density at radius 3 is 2.95 bits per heavy atom. The van der Waals surface area contributed by atoms with Crippen LogP contribution in [0.3, 0.4) is 0 Å². The molecule has 0 saturated heterocycles. The molecule has 0 fully saturated rings. The highest BCUT2D eigenvalue weighted by atomic mass is 32.1. The molecule has 1 aliphatic rings. The molecule has 0 aliphatic carbocycles. The zero-order chi connectivity index (χ0) is 13.2. The van der Waals surface area contributed by atoms with Crippen LogP contribution in [0, 0.1) is 6.92 Å². The van der Waals surface area contributed by atoms with Crippen molar-refractivity contribution in [3.05, 3.63) is 56.8 Å². The van der Waals surface area contributed by atoms with Gasteiger partial charge in [0.05, 0.1) is 6.54 Å². The van der Waals surface area contributed by atoms with Gasteiger partial charge in [0.15, 0.2) is 0 Å². The van der Waals surface area contributed by atoms with Crippen molar-refractivity contribution in [2.75, 3.05) is 0 Å². The van der Waals surface area contributed by atoms with Crippen LogP contribution in [0.5, 0.6) is 0 Å². The molecule has 0 bridgehead atoms. The Hall–Kier alpha value is -1.65. The third-order valence-electron chi connectivity index (χ3n) is 3.48. The Bertz CT molecular complexity index is 618. The van der Waals surface area contributed by atoms with Gasteiger partial charge in [-0.3, -0.25) is 4.79 Å². The highest BCUT2D eigenvalue weighted by Crippen LogP contribution is 2.18. The van der Waals surface area contributed by atoms with E-state index in [-0.39, 0.29) is 5.91 Å². The third kappa shape index (κ3) is 2.55. The van der Waals surface area contributed by atoms with Crippen molar-refractivity contribution in [2.45, 2.75) is 26.6 Å². The molecule has 19 heavy (non-hydrogen) atoms. The Morgan fingerprint density at radius 2 is 2.16 bits per heavy atom. The minimum atomic E-state index is 0.00231. The minimum absolute atomic E-state index is 0.00231. The average Bonchev–Trinajstić information content (AvgIpc) is 3.03. The van der Waals surface area contributed by atoms with Gasteiger partial charge in [0.25, 0.3) is 5.91 Å². The zero-order valence-corrected chi connectivity index (χ0v) is 11.6. The predicted octanol–water partition coefficient (Wildman–Crippen LogP) is 2.59. The van der Waals surface area contributed by atoms with Gasteiger partial charge in [0, 0.05) is 23.5 Å². The molecule has 1 aromatic carbocycles. The number of carbonyl (C=O) groups is 1. The smallest absolute Gasteiger partial charge is 0.251 e. The molecule has 1 aromatic heterocycles. The van der Waals surface area contributed by atoms with E-state index in [1.807, 2.05) is 18.2 Å². The quantitative estimate of drug-likeness (QED) is 0.901. The molecule has 2 aromatic rings. The molecule has 0 saturated carbocycles. The van der Waals surface area contributed by atoms with Crippen LogP contribution >= 0.6 is 11.3 Å². The van der Waals surface area contributed by atoms with Crippen LogP contribution < -0.4 is 10.6 Å². The van der Waals surface area contributed by atoms with E-state index >= 15 is 0 Å². The molecule has 2 N–H and O–H groups in total. The lowest BCUT2D eigenvalue weighted by molar-refractivity contribution is 0.0951. The first-order chi connectivity index (χ1) is 9.24. The largest absolute Gasteiger partial charge is 0.347 e. The molecule has 4 heteroatoms. The van der Waals surface area contributed by atoms with Gasteiger partial charge in [-0.1, -0.05) is 6.07 Å². The third-order valence-corrected chi connectivity index (χ3v) is 4.50. The number of amides is 1. The Labute approximate surface area is 116 Å². The number of hydrogen-bond acceptors (Lipinski definition) is 3. The maximum Gasteiger partial charge on any atom is 0.251 e. The number of rotatable bonds is 3. The number of hydrogen-bond donors (Lipinski definition) is 2. The van der Waals surface area contributed by atoms with Crippen LogP contribution in [0.25, 0.3) is 0 Å². The SMILES string of the molecule is Cc1ccsc1CNC(=O)c1ccc2c(c1)CNC2. The lowest BCUT2D eigenvalue weighted by Gasteiger charge is -2.06. The summed E-state index contributed by atoms with van der Waals surface area (Å²) in [5.41, 5.74) is 4.52. The van der Waals surface area contributed by atoms with Crippen LogP contribution in [0.1, 0.15) is 31.9 Å². The van der Waals surface area contributed by atoms with Crippen LogP contribution in [-0.2, 0) is 19.6 Å². The lowest BCUT2D eigenvalue weighted by atomic mass is 10.1. The molecule has 1 aliphatic heterocycles. The molecular formula is C15H16N2OS. The summed E-state index contributed by atoms with van der Waals surface area (Å²) >= 11 is 1.68. The van der Waals surface area contributed by atoms with Crippen molar-refractivity contribution in [3.63, 3.8) is 0 Å². The second-order valence-corrected chi connectivity index (χ2v) is 5.80. The average molecular weight is 272 g/mol. The fraction of sp³-hybridized carbons (Fsp3) is 0.267. The number of aryl methyl sites for hydroxylation is 1.